The third-order valence-corrected chi connectivity index (χ3v) is 2.46. The van der Waals surface area contributed by atoms with Gasteiger partial charge in [0.15, 0.2) is 0 Å². The quantitative estimate of drug-likeness (QED) is 0.871. The minimum atomic E-state index is -0.135. The molecule has 3 nitrogen and oxygen atoms in total. The predicted molar refractivity (Wildman–Crippen MR) is 64.0 cm³/mol. The number of carbonyl (C=O) groups is 1. The molecule has 1 N–H and O–H groups in total. The summed E-state index contributed by atoms with van der Waals surface area (Å²) in [6.07, 6.45) is 0. The Morgan fingerprint density at radius 1 is 1.33 bits per heavy atom. The highest BCUT2D eigenvalue weighted by molar-refractivity contribution is 6.37. The van der Waals surface area contributed by atoms with Gasteiger partial charge in [-0.2, -0.15) is 0 Å². The summed E-state index contributed by atoms with van der Waals surface area (Å²) in [7, 11) is 5.06. The van der Waals surface area contributed by atoms with Crippen molar-refractivity contribution in [1.82, 2.24) is 4.90 Å². The zero-order chi connectivity index (χ0) is 11.6. The van der Waals surface area contributed by atoms with Crippen LogP contribution in [-0.4, -0.2) is 32.0 Å². The molecule has 0 fully saturated rings. The fourth-order valence-electron chi connectivity index (χ4n) is 1.24. The average molecular weight is 247 g/mol. The third kappa shape index (κ3) is 2.55. The number of hydrogen-bond acceptors (Lipinski definition) is 2. The molecule has 1 amide bonds. The molecule has 82 valence electrons. The smallest absolute Gasteiger partial charge is 0.255 e. The van der Waals surface area contributed by atoms with Crippen LogP contribution in [0.25, 0.3) is 0 Å². The molecule has 0 saturated carbocycles. The van der Waals surface area contributed by atoms with Gasteiger partial charge in [0.1, 0.15) is 0 Å². The molecule has 1 aromatic rings. The molecule has 0 atom stereocenters. The highest BCUT2D eigenvalue weighted by atomic mass is 35.5. The largest absolute Gasteiger partial charge is 0.386 e. The molecule has 1 rings (SSSR count). The van der Waals surface area contributed by atoms with Crippen molar-refractivity contribution < 1.29 is 4.79 Å². The number of amides is 1. The molecule has 0 aromatic heterocycles. The van der Waals surface area contributed by atoms with Gasteiger partial charge in [0.05, 0.1) is 16.3 Å². The second-order valence-electron chi connectivity index (χ2n) is 3.26. The predicted octanol–water partition coefficient (Wildman–Crippen LogP) is 2.74. The molecule has 0 unspecified atom stereocenters. The zero-order valence-corrected chi connectivity index (χ0v) is 10.3. The number of halogens is 2. The first-order valence-corrected chi connectivity index (χ1v) is 5.11. The Kier molecular flexibility index (Phi) is 3.83. The van der Waals surface area contributed by atoms with Crippen molar-refractivity contribution in [2.24, 2.45) is 0 Å². The third-order valence-electron chi connectivity index (χ3n) is 1.94. The maximum atomic E-state index is 11.8. The van der Waals surface area contributed by atoms with E-state index < -0.39 is 0 Å². The molecule has 1 aromatic carbocycles. The summed E-state index contributed by atoms with van der Waals surface area (Å²) in [4.78, 5) is 13.3. The minimum absolute atomic E-state index is 0.135. The Bertz CT molecular complexity index is 391. The van der Waals surface area contributed by atoms with E-state index >= 15 is 0 Å². The Morgan fingerprint density at radius 2 is 1.93 bits per heavy atom. The van der Waals surface area contributed by atoms with Gasteiger partial charge in [-0.05, 0) is 12.1 Å². The molecule has 0 heterocycles. The first kappa shape index (κ1) is 12.1. The van der Waals surface area contributed by atoms with Gasteiger partial charge >= 0.3 is 0 Å². The van der Waals surface area contributed by atoms with Gasteiger partial charge in [-0.1, -0.05) is 23.2 Å². The Labute approximate surface area is 99.0 Å². The number of nitrogens with zero attached hydrogens (tertiary/aromatic N) is 1. The summed E-state index contributed by atoms with van der Waals surface area (Å²) in [5.74, 6) is -0.135. The van der Waals surface area contributed by atoms with E-state index in [0.717, 1.165) is 0 Å². The summed E-state index contributed by atoms with van der Waals surface area (Å²) in [5.41, 5.74) is 1.07. The van der Waals surface area contributed by atoms with Crippen LogP contribution in [0.5, 0.6) is 0 Å². The number of benzene rings is 1. The lowest BCUT2D eigenvalue weighted by atomic mass is 10.1. The Balaban J connectivity index is 3.32. The van der Waals surface area contributed by atoms with Crippen LogP contribution in [-0.2, 0) is 0 Å². The van der Waals surface area contributed by atoms with E-state index in [2.05, 4.69) is 5.32 Å². The first-order chi connectivity index (χ1) is 6.97. The lowest BCUT2D eigenvalue weighted by Gasteiger charge is -2.15. The first-order valence-electron chi connectivity index (χ1n) is 4.35. The van der Waals surface area contributed by atoms with Crippen molar-refractivity contribution in [3.05, 3.63) is 27.7 Å². The van der Waals surface area contributed by atoms with Crippen LogP contribution >= 0.6 is 23.2 Å². The number of anilines is 1. The van der Waals surface area contributed by atoms with E-state index in [-0.39, 0.29) is 5.91 Å². The highest BCUT2D eigenvalue weighted by Crippen LogP contribution is 2.30. The fraction of sp³-hybridized carbons (Fsp3) is 0.300. The van der Waals surface area contributed by atoms with Crippen LogP contribution in [0.1, 0.15) is 10.4 Å². The molecule has 0 bridgehead atoms. The summed E-state index contributed by atoms with van der Waals surface area (Å²) >= 11 is 11.8. The van der Waals surface area contributed by atoms with Gasteiger partial charge in [-0.15, -0.1) is 0 Å². The number of hydrogen-bond donors (Lipinski definition) is 1. The normalized spacial score (nSPS) is 9.93. The molecular formula is C10H12Cl2N2O. The van der Waals surface area contributed by atoms with E-state index in [4.69, 9.17) is 23.2 Å². The highest BCUT2D eigenvalue weighted by Gasteiger charge is 2.16. The van der Waals surface area contributed by atoms with Gasteiger partial charge in [-0.3, -0.25) is 4.79 Å². The van der Waals surface area contributed by atoms with E-state index in [1.54, 1.807) is 33.3 Å². The topological polar surface area (TPSA) is 32.3 Å². The molecule has 5 heteroatoms. The SMILES string of the molecule is CNc1c(Cl)cc(Cl)cc1C(=O)N(C)C. The minimum Gasteiger partial charge on any atom is -0.386 e. The Hall–Kier alpha value is -0.930. The summed E-state index contributed by atoms with van der Waals surface area (Å²) in [5, 5.41) is 3.78. The molecule has 15 heavy (non-hydrogen) atoms. The number of rotatable bonds is 2. The Morgan fingerprint density at radius 3 is 2.40 bits per heavy atom. The van der Waals surface area contributed by atoms with Gasteiger partial charge < -0.3 is 10.2 Å². The van der Waals surface area contributed by atoms with Gasteiger partial charge in [0.25, 0.3) is 5.91 Å². The molecular weight excluding hydrogens is 235 g/mol. The van der Waals surface area contributed by atoms with Crippen LogP contribution in [0.15, 0.2) is 12.1 Å². The second-order valence-corrected chi connectivity index (χ2v) is 4.10. The van der Waals surface area contributed by atoms with Crippen molar-refractivity contribution >= 4 is 34.8 Å². The average Bonchev–Trinajstić information content (AvgIpc) is 2.15. The van der Waals surface area contributed by atoms with Gasteiger partial charge in [0, 0.05) is 26.2 Å². The monoisotopic (exact) mass is 246 g/mol. The molecule has 0 aliphatic carbocycles. The number of nitrogens with one attached hydrogen (secondary N) is 1. The van der Waals surface area contributed by atoms with Crippen LogP contribution in [0, 0.1) is 0 Å². The second kappa shape index (κ2) is 4.73. The zero-order valence-electron chi connectivity index (χ0n) is 8.77. The molecule has 0 saturated heterocycles. The maximum Gasteiger partial charge on any atom is 0.255 e. The molecule has 0 aliphatic heterocycles. The fourth-order valence-corrected chi connectivity index (χ4v) is 1.83. The van der Waals surface area contributed by atoms with Crippen molar-refractivity contribution in [3.63, 3.8) is 0 Å². The van der Waals surface area contributed by atoms with E-state index in [1.807, 2.05) is 0 Å². The van der Waals surface area contributed by atoms with Crippen LogP contribution in [0.3, 0.4) is 0 Å². The van der Waals surface area contributed by atoms with E-state index in [1.165, 1.54) is 4.90 Å². The maximum absolute atomic E-state index is 11.8. The lowest BCUT2D eigenvalue weighted by molar-refractivity contribution is 0.0828. The summed E-state index contributed by atoms with van der Waals surface area (Å²) < 4.78 is 0. The summed E-state index contributed by atoms with van der Waals surface area (Å²) in [6, 6.07) is 3.20. The summed E-state index contributed by atoms with van der Waals surface area (Å²) in [6.45, 7) is 0. The van der Waals surface area contributed by atoms with E-state index in [9.17, 15) is 4.79 Å². The van der Waals surface area contributed by atoms with E-state index in [0.29, 0.717) is 21.3 Å². The lowest BCUT2D eigenvalue weighted by Crippen LogP contribution is -2.22. The van der Waals surface area contributed by atoms with Crippen LogP contribution in [0.2, 0.25) is 10.0 Å². The standard InChI is InChI=1S/C10H12Cl2N2O/c1-13-9-7(10(15)14(2)3)4-6(11)5-8(9)12/h4-5,13H,1-3H3. The van der Waals surface area contributed by atoms with Crippen molar-refractivity contribution in [3.8, 4) is 0 Å². The van der Waals surface area contributed by atoms with Gasteiger partial charge in [0.2, 0.25) is 0 Å². The van der Waals surface area contributed by atoms with Gasteiger partial charge in [-0.25, -0.2) is 0 Å². The molecule has 0 spiro atoms. The van der Waals surface area contributed by atoms with Crippen molar-refractivity contribution in [2.45, 2.75) is 0 Å². The molecule has 0 radical (unpaired) electrons. The van der Waals surface area contributed by atoms with Crippen molar-refractivity contribution in [1.29, 1.82) is 0 Å². The molecule has 0 aliphatic rings. The number of carbonyl (C=O) groups excluding carboxylic acids is 1. The van der Waals surface area contributed by atoms with Crippen LogP contribution < -0.4 is 5.32 Å². The van der Waals surface area contributed by atoms with Crippen molar-refractivity contribution in [2.75, 3.05) is 26.5 Å². The van der Waals surface area contributed by atoms with Crippen LogP contribution in [0.4, 0.5) is 5.69 Å².